The first-order valence-corrected chi connectivity index (χ1v) is 7.90. The van der Waals surface area contributed by atoms with E-state index < -0.39 is 0 Å². The number of ether oxygens (including phenoxy) is 1. The third-order valence-corrected chi connectivity index (χ3v) is 3.52. The van der Waals surface area contributed by atoms with Gasteiger partial charge in [-0.25, -0.2) is 4.68 Å². The summed E-state index contributed by atoms with van der Waals surface area (Å²) >= 11 is 0. The lowest BCUT2D eigenvalue weighted by atomic mass is 10.2. The third-order valence-electron chi connectivity index (χ3n) is 3.52. The molecule has 0 saturated heterocycles. The topological polar surface area (TPSA) is 57.0 Å². The molecule has 0 aliphatic heterocycles. The number of aryl methyl sites for hydroxylation is 1. The Balaban J connectivity index is 1.85. The Morgan fingerprint density at radius 2 is 2.00 bits per heavy atom. The Hall–Kier alpha value is -2.17. The van der Waals surface area contributed by atoms with Gasteiger partial charge >= 0.3 is 0 Å². The van der Waals surface area contributed by atoms with Crippen LogP contribution in [-0.2, 0) is 13.0 Å². The molecular formula is C17H23N3O2. The number of aldehydes is 1. The monoisotopic (exact) mass is 301 g/mol. The van der Waals surface area contributed by atoms with E-state index in [1.807, 2.05) is 35.0 Å². The number of para-hydroxylation sites is 1. The molecule has 0 saturated carbocycles. The summed E-state index contributed by atoms with van der Waals surface area (Å²) in [6.45, 7) is 3.60. The predicted octanol–water partition coefficient (Wildman–Crippen LogP) is 3.29. The molecule has 0 aliphatic carbocycles. The van der Waals surface area contributed by atoms with Crippen molar-refractivity contribution in [1.82, 2.24) is 15.0 Å². The molecule has 5 heteroatoms. The molecule has 0 atom stereocenters. The van der Waals surface area contributed by atoms with Gasteiger partial charge < -0.3 is 4.74 Å². The molecule has 0 amide bonds. The molecule has 5 nitrogen and oxygen atoms in total. The highest BCUT2D eigenvalue weighted by Crippen LogP contribution is 2.11. The molecule has 0 unspecified atom stereocenters. The van der Waals surface area contributed by atoms with E-state index in [1.54, 1.807) is 0 Å². The maximum absolute atomic E-state index is 11.1. The van der Waals surface area contributed by atoms with Gasteiger partial charge in [-0.15, -0.1) is 5.10 Å². The summed E-state index contributed by atoms with van der Waals surface area (Å²) in [5.41, 5.74) is 1.37. The Morgan fingerprint density at radius 1 is 1.18 bits per heavy atom. The van der Waals surface area contributed by atoms with Crippen LogP contribution >= 0.6 is 0 Å². The minimum Gasteiger partial charge on any atom is -0.494 e. The summed E-state index contributed by atoms with van der Waals surface area (Å²) in [6.07, 6.45) is 5.75. The van der Waals surface area contributed by atoms with E-state index in [4.69, 9.17) is 4.74 Å². The zero-order chi connectivity index (χ0) is 15.6. The summed E-state index contributed by atoms with van der Waals surface area (Å²) in [5.74, 6) is 0.868. The Labute approximate surface area is 131 Å². The first-order chi connectivity index (χ1) is 10.8. The molecule has 22 heavy (non-hydrogen) atoms. The van der Waals surface area contributed by atoms with E-state index in [2.05, 4.69) is 17.2 Å². The highest BCUT2D eigenvalue weighted by Gasteiger charge is 2.11. The second-order valence-corrected chi connectivity index (χ2v) is 5.23. The molecule has 2 aromatic rings. The van der Waals surface area contributed by atoms with Crippen molar-refractivity contribution in [2.75, 3.05) is 6.61 Å². The largest absolute Gasteiger partial charge is 0.494 e. The van der Waals surface area contributed by atoms with Crippen LogP contribution in [-0.4, -0.2) is 27.9 Å². The minimum absolute atomic E-state index is 0.455. The lowest BCUT2D eigenvalue weighted by Crippen LogP contribution is -2.08. The predicted molar refractivity (Wildman–Crippen MR) is 85.2 cm³/mol. The van der Waals surface area contributed by atoms with E-state index in [0.29, 0.717) is 12.3 Å². The Morgan fingerprint density at radius 3 is 2.73 bits per heavy atom. The van der Waals surface area contributed by atoms with Crippen molar-refractivity contribution in [2.24, 2.45) is 0 Å². The minimum atomic E-state index is 0.455. The highest BCUT2D eigenvalue weighted by molar-refractivity contribution is 5.73. The third kappa shape index (κ3) is 4.69. The Kier molecular flexibility index (Phi) is 6.61. The van der Waals surface area contributed by atoms with Gasteiger partial charge in [0.05, 0.1) is 12.3 Å². The first kappa shape index (κ1) is 16.2. The average Bonchev–Trinajstić information content (AvgIpc) is 2.95. The molecule has 0 radical (unpaired) electrons. The van der Waals surface area contributed by atoms with Gasteiger partial charge in [0.1, 0.15) is 11.4 Å². The molecule has 0 bridgehead atoms. The van der Waals surface area contributed by atoms with Crippen LogP contribution in [0, 0.1) is 0 Å². The van der Waals surface area contributed by atoms with Crippen LogP contribution in [0.2, 0.25) is 0 Å². The number of carbonyl (C=O) groups excluding carboxylic acids is 1. The molecule has 1 aromatic carbocycles. The van der Waals surface area contributed by atoms with Crippen LogP contribution in [0.15, 0.2) is 30.3 Å². The summed E-state index contributed by atoms with van der Waals surface area (Å²) < 4.78 is 7.54. The van der Waals surface area contributed by atoms with Crippen LogP contribution in [0.3, 0.4) is 0 Å². The van der Waals surface area contributed by atoms with E-state index in [0.717, 1.165) is 56.4 Å². The van der Waals surface area contributed by atoms with Crippen molar-refractivity contribution in [3.05, 3.63) is 41.7 Å². The number of hydrogen-bond donors (Lipinski definition) is 0. The number of aromatic nitrogens is 3. The SMILES string of the molecule is CCCCCn1nnc(C=O)c1CCCOc1ccccc1. The molecule has 2 rings (SSSR count). The fourth-order valence-electron chi connectivity index (χ4n) is 2.33. The van der Waals surface area contributed by atoms with E-state index in [-0.39, 0.29) is 0 Å². The second kappa shape index (κ2) is 8.97. The number of carbonyl (C=O) groups is 1. The molecule has 118 valence electrons. The van der Waals surface area contributed by atoms with Crippen LogP contribution in [0.1, 0.15) is 48.8 Å². The summed E-state index contributed by atoms with van der Waals surface area (Å²) in [5, 5.41) is 8.04. The van der Waals surface area contributed by atoms with Crippen molar-refractivity contribution in [1.29, 1.82) is 0 Å². The number of nitrogens with zero attached hydrogens (tertiary/aromatic N) is 3. The van der Waals surface area contributed by atoms with Crippen LogP contribution in [0.4, 0.5) is 0 Å². The number of rotatable bonds is 10. The Bertz CT molecular complexity index is 567. The number of benzene rings is 1. The highest BCUT2D eigenvalue weighted by atomic mass is 16.5. The molecule has 0 N–H and O–H groups in total. The van der Waals surface area contributed by atoms with E-state index in [1.165, 1.54) is 0 Å². The van der Waals surface area contributed by atoms with Crippen molar-refractivity contribution >= 4 is 6.29 Å². The maximum Gasteiger partial charge on any atom is 0.172 e. The van der Waals surface area contributed by atoms with Crippen molar-refractivity contribution < 1.29 is 9.53 Å². The normalized spacial score (nSPS) is 10.6. The van der Waals surface area contributed by atoms with E-state index in [9.17, 15) is 4.79 Å². The first-order valence-electron chi connectivity index (χ1n) is 7.90. The second-order valence-electron chi connectivity index (χ2n) is 5.23. The average molecular weight is 301 g/mol. The van der Waals surface area contributed by atoms with Gasteiger partial charge in [-0.2, -0.15) is 0 Å². The van der Waals surface area contributed by atoms with E-state index >= 15 is 0 Å². The van der Waals surface area contributed by atoms with Crippen LogP contribution < -0.4 is 4.74 Å². The van der Waals surface area contributed by atoms with Crippen LogP contribution in [0.5, 0.6) is 5.75 Å². The lowest BCUT2D eigenvalue weighted by molar-refractivity contribution is 0.111. The molecular weight excluding hydrogens is 278 g/mol. The van der Waals surface area contributed by atoms with Crippen molar-refractivity contribution in [3.8, 4) is 5.75 Å². The van der Waals surface area contributed by atoms with Crippen molar-refractivity contribution in [3.63, 3.8) is 0 Å². The van der Waals surface area contributed by atoms with Crippen LogP contribution in [0.25, 0.3) is 0 Å². The summed E-state index contributed by atoms with van der Waals surface area (Å²) in [4.78, 5) is 11.1. The molecule has 0 spiro atoms. The van der Waals surface area contributed by atoms with Gasteiger partial charge in [0.25, 0.3) is 0 Å². The zero-order valence-corrected chi connectivity index (χ0v) is 13.1. The van der Waals surface area contributed by atoms with Crippen molar-refractivity contribution in [2.45, 2.75) is 45.6 Å². The summed E-state index contributed by atoms with van der Waals surface area (Å²) in [6, 6.07) is 9.74. The molecule has 0 fully saturated rings. The van der Waals surface area contributed by atoms with Gasteiger partial charge in [-0.1, -0.05) is 43.2 Å². The van der Waals surface area contributed by atoms with Gasteiger partial charge in [0.15, 0.2) is 6.29 Å². The summed E-state index contributed by atoms with van der Waals surface area (Å²) in [7, 11) is 0. The van der Waals surface area contributed by atoms with Gasteiger partial charge in [-0.3, -0.25) is 4.79 Å². The maximum atomic E-state index is 11.1. The fraction of sp³-hybridized carbons (Fsp3) is 0.471. The standard InChI is InChI=1S/C17H23N3O2/c1-2-3-7-12-20-17(16(14-21)18-19-20)11-8-13-22-15-9-5-4-6-10-15/h4-6,9-10,14H,2-3,7-8,11-13H2,1H3. The quantitative estimate of drug-likeness (QED) is 0.499. The molecule has 0 aliphatic rings. The zero-order valence-electron chi connectivity index (χ0n) is 13.1. The molecule has 1 heterocycles. The molecule has 1 aromatic heterocycles. The fourth-order valence-corrected chi connectivity index (χ4v) is 2.33. The van der Waals surface area contributed by atoms with Gasteiger partial charge in [0.2, 0.25) is 0 Å². The van der Waals surface area contributed by atoms with Gasteiger partial charge in [-0.05, 0) is 31.4 Å². The number of hydrogen-bond acceptors (Lipinski definition) is 4. The number of unbranched alkanes of at least 4 members (excludes halogenated alkanes) is 2. The smallest absolute Gasteiger partial charge is 0.172 e. The lowest BCUT2D eigenvalue weighted by Gasteiger charge is -2.08. The van der Waals surface area contributed by atoms with Gasteiger partial charge in [0, 0.05) is 6.54 Å².